The van der Waals surface area contributed by atoms with E-state index in [1.807, 2.05) is 6.92 Å². The molecule has 0 saturated heterocycles. The van der Waals surface area contributed by atoms with Crippen LogP contribution in [0.1, 0.15) is 29.8 Å². The lowest BCUT2D eigenvalue weighted by atomic mass is 10.0. The Morgan fingerprint density at radius 2 is 2.22 bits per heavy atom. The molecule has 1 unspecified atom stereocenters. The van der Waals surface area contributed by atoms with E-state index in [4.69, 9.17) is 0 Å². The molecule has 3 nitrogen and oxygen atoms in total. The van der Waals surface area contributed by atoms with E-state index in [1.165, 1.54) is 6.07 Å². The van der Waals surface area contributed by atoms with Gasteiger partial charge in [0, 0.05) is 6.54 Å². The van der Waals surface area contributed by atoms with E-state index < -0.39 is 6.10 Å². The van der Waals surface area contributed by atoms with Crippen LogP contribution in [0.2, 0.25) is 0 Å². The van der Waals surface area contributed by atoms with Crippen molar-refractivity contribution < 1.29 is 9.50 Å². The predicted molar refractivity (Wildman–Crippen MR) is 70.8 cm³/mol. The first-order valence-electron chi connectivity index (χ1n) is 5.70. The Balaban J connectivity index is 2.44. The van der Waals surface area contributed by atoms with Crippen molar-refractivity contribution in [2.75, 3.05) is 0 Å². The monoisotopic (exact) mass is 312 g/mol. The summed E-state index contributed by atoms with van der Waals surface area (Å²) in [6, 6.07) is 4.75. The summed E-state index contributed by atoms with van der Waals surface area (Å²) in [5.74, 6) is -0.315. The lowest BCUT2D eigenvalue weighted by Gasteiger charge is -2.14. The summed E-state index contributed by atoms with van der Waals surface area (Å²) in [6.07, 6.45) is 0.740. The Kier molecular flexibility index (Phi) is 3.82. The average Bonchev–Trinajstić information content (AvgIpc) is 2.73. The Morgan fingerprint density at radius 1 is 1.50 bits per heavy atom. The van der Waals surface area contributed by atoms with Gasteiger partial charge in [0.2, 0.25) is 0 Å². The highest BCUT2D eigenvalue weighted by molar-refractivity contribution is 9.10. The third kappa shape index (κ3) is 2.33. The number of benzene rings is 1. The van der Waals surface area contributed by atoms with Crippen molar-refractivity contribution in [2.24, 2.45) is 0 Å². The third-order valence-electron chi connectivity index (χ3n) is 2.90. The molecule has 96 valence electrons. The fourth-order valence-corrected chi connectivity index (χ4v) is 2.35. The largest absolute Gasteiger partial charge is 0.382 e. The van der Waals surface area contributed by atoms with Crippen LogP contribution in [0.15, 0.2) is 28.9 Å². The number of hydrogen-bond donors (Lipinski definition) is 1. The van der Waals surface area contributed by atoms with Crippen molar-refractivity contribution in [3.63, 3.8) is 0 Å². The van der Waals surface area contributed by atoms with Gasteiger partial charge in [-0.3, -0.25) is 4.68 Å². The minimum Gasteiger partial charge on any atom is -0.382 e. The van der Waals surface area contributed by atoms with E-state index in [0.29, 0.717) is 23.4 Å². The second kappa shape index (κ2) is 5.20. The normalized spacial score (nSPS) is 12.7. The van der Waals surface area contributed by atoms with Crippen LogP contribution in [0.3, 0.4) is 0 Å². The van der Waals surface area contributed by atoms with Gasteiger partial charge >= 0.3 is 0 Å². The second-order valence-electron chi connectivity index (χ2n) is 4.10. The maximum Gasteiger partial charge on any atom is 0.126 e. The van der Waals surface area contributed by atoms with Gasteiger partial charge in [-0.1, -0.05) is 12.1 Å². The molecule has 1 N–H and O–H groups in total. The van der Waals surface area contributed by atoms with Crippen molar-refractivity contribution in [1.82, 2.24) is 9.78 Å². The van der Waals surface area contributed by atoms with E-state index in [-0.39, 0.29) is 5.82 Å². The number of aliphatic hydroxyl groups excluding tert-OH is 1. The summed E-state index contributed by atoms with van der Waals surface area (Å²) in [4.78, 5) is 0. The van der Waals surface area contributed by atoms with Gasteiger partial charge in [0.15, 0.2) is 0 Å². The van der Waals surface area contributed by atoms with Crippen LogP contribution in [-0.2, 0) is 6.54 Å². The Morgan fingerprint density at radius 3 is 2.83 bits per heavy atom. The fraction of sp³-hybridized carbons (Fsp3) is 0.308. The van der Waals surface area contributed by atoms with Crippen LogP contribution in [0.25, 0.3) is 0 Å². The molecule has 0 aliphatic rings. The van der Waals surface area contributed by atoms with Crippen molar-refractivity contribution in [1.29, 1.82) is 0 Å². The smallest absolute Gasteiger partial charge is 0.126 e. The lowest BCUT2D eigenvalue weighted by Crippen LogP contribution is -2.10. The van der Waals surface area contributed by atoms with Gasteiger partial charge in [-0.2, -0.15) is 5.10 Å². The summed E-state index contributed by atoms with van der Waals surface area (Å²) < 4.78 is 15.9. The van der Waals surface area contributed by atoms with Crippen molar-refractivity contribution in [3.8, 4) is 0 Å². The Bertz CT molecular complexity index is 568. The zero-order valence-electron chi connectivity index (χ0n) is 10.2. The zero-order valence-corrected chi connectivity index (χ0v) is 11.8. The summed E-state index contributed by atoms with van der Waals surface area (Å²) in [5, 5.41) is 14.5. The molecular formula is C13H14BrFN2O. The molecule has 0 fully saturated rings. The van der Waals surface area contributed by atoms with E-state index in [2.05, 4.69) is 21.0 Å². The zero-order chi connectivity index (χ0) is 13.3. The van der Waals surface area contributed by atoms with Gasteiger partial charge in [0.1, 0.15) is 11.9 Å². The van der Waals surface area contributed by atoms with Crippen molar-refractivity contribution >= 4 is 15.9 Å². The summed E-state index contributed by atoms with van der Waals surface area (Å²) in [7, 11) is 0. The fourth-order valence-electron chi connectivity index (χ4n) is 1.83. The maximum atomic E-state index is 13.5. The molecule has 0 aliphatic heterocycles. The molecule has 1 atom stereocenters. The summed E-state index contributed by atoms with van der Waals surface area (Å²) in [6.45, 7) is 4.27. The van der Waals surface area contributed by atoms with Gasteiger partial charge in [0.05, 0.1) is 16.4 Å². The minimum absolute atomic E-state index is 0.315. The molecule has 1 aromatic heterocycles. The SMILES string of the molecule is CCn1ncc(Br)c1C(O)c1ccc(C)c(F)c1. The number of nitrogens with zero attached hydrogens (tertiary/aromatic N) is 2. The van der Waals surface area contributed by atoms with Crippen LogP contribution in [0.5, 0.6) is 0 Å². The first-order chi connectivity index (χ1) is 8.54. The molecule has 0 spiro atoms. The van der Waals surface area contributed by atoms with Crippen molar-refractivity contribution in [3.05, 3.63) is 51.5 Å². The summed E-state index contributed by atoms with van der Waals surface area (Å²) >= 11 is 3.35. The lowest BCUT2D eigenvalue weighted by molar-refractivity contribution is 0.206. The number of halogens is 2. The molecule has 18 heavy (non-hydrogen) atoms. The molecule has 1 aromatic carbocycles. The predicted octanol–water partition coefficient (Wildman–Crippen LogP) is 3.19. The molecule has 0 amide bonds. The molecule has 0 bridgehead atoms. The molecule has 0 radical (unpaired) electrons. The summed E-state index contributed by atoms with van der Waals surface area (Å²) in [5.41, 5.74) is 1.73. The number of aromatic nitrogens is 2. The first-order valence-corrected chi connectivity index (χ1v) is 6.49. The number of aryl methyl sites for hydroxylation is 2. The van der Waals surface area contributed by atoms with E-state index in [1.54, 1.807) is 29.9 Å². The van der Waals surface area contributed by atoms with Crippen molar-refractivity contribution in [2.45, 2.75) is 26.5 Å². The van der Waals surface area contributed by atoms with Crippen LogP contribution in [0.4, 0.5) is 4.39 Å². The standard InChI is InChI=1S/C13H14BrFN2O/c1-3-17-12(10(14)7-16-17)13(18)9-5-4-8(2)11(15)6-9/h4-7,13,18H,3H2,1-2H3. The first kappa shape index (κ1) is 13.2. The van der Waals surface area contributed by atoms with Crippen LogP contribution in [-0.4, -0.2) is 14.9 Å². The van der Waals surface area contributed by atoms with Crippen LogP contribution >= 0.6 is 15.9 Å². The highest BCUT2D eigenvalue weighted by Crippen LogP contribution is 2.29. The molecular weight excluding hydrogens is 299 g/mol. The molecule has 0 saturated carbocycles. The molecule has 2 rings (SSSR count). The minimum atomic E-state index is -0.892. The maximum absolute atomic E-state index is 13.5. The second-order valence-corrected chi connectivity index (χ2v) is 4.96. The third-order valence-corrected chi connectivity index (χ3v) is 3.51. The van der Waals surface area contributed by atoms with Gasteiger partial charge in [-0.15, -0.1) is 0 Å². The molecule has 5 heteroatoms. The van der Waals surface area contributed by atoms with Gasteiger partial charge in [-0.05, 0) is 47.0 Å². The Hall–Kier alpha value is -1.20. The van der Waals surface area contributed by atoms with Gasteiger partial charge in [0.25, 0.3) is 0 Å². The van der Waals surface area contributed by atoms with Gasteiger partial charge < -0.3 is 5.11 Å². The molecule has 0 aliphatic carbocycles. The van der Waals surface area contributed by atoms with Crippen LogP contribution in [0, 0.1) is 12.7 Å². The topological polar surface area (TPSA) is 38.0 Å². The highest BCUT2D eigenvalue weighted by atomic mass is 79.9. The molecule has 1 heterocycles. The average molecular weight is 313 g/mol. The Labute approximate surface area is 113 Å². The van der Waals surface area contributed by atoms with Crippen LogP contribution < -0.4 is 0 Å². The number of rotatable bonds is 3. The number of aliphatic hydroxyl groups is 1. The van der Waals surface area contributed by atoms with E-state index in [9.17, 15) is 9.50 Å². The highest BCUT2D eigenvalue weighted by Gasteiger charge is 2.19. The quantitative estimate of drug-likeness (QED) is 0.945. The van der Waals surface area contributed by atoms with E-state index >= 15 is 0 Å². The molecule has 2 aromatic rings. The number of hydrogen-bond acceptors (Lipinski definition) is 2. The van der Waals surface area contributed by atoms with E-state index in [0.717, 1.165) is 4.47 Å². The van der Waals surface area contributed by atoms with Gasteiger partial charge in [-0.25, -0.2) is 4.39 Å².